The van der Waals surface area contributed by atoms with Gasteiger partial charge in [0.2, 0.25) is 0 Å². The summed E-state index contributed by atoms with van der Waals surface area (Å²) in [4.78, 5) is 8.36. The van der Waals surface area contributed by atoms with Crippen LogP contribution in [-0.2, 0) is 6.54 Å². The summed E-state index contributed by atoms with van der Waals surface area (Å²) in [7, 11) is 3.17. The van der Waals surface area contributed by atoms with E-state index in [9.17, 15) is 8.78 Å². The normalized spacial score (nSPS) is 11.5. The molecular formula is C17H22F2N4O2S2. The number of guanidine groups is 1. The van der Waals surface area contributed by atoms with Gasteiger partial charge in [-0.1, -0.05) is 11.8 Å². The smallest absolute Gasteiger partial charge is 0.387 e. The van der Waals surface area contributed by atoms with Gasteiger partial charge in [-0.25, -0.2) is 4.98 Å². The van der Waals surface area contributed by atoms with E-state index in [1.165, 1.54) is 13.2 Å². The Morgan fingerprint density at radius 3 is 2.89 bits per heavy atom. The predicted molar refractivity (Wildman–Crippen MR) is 105 cm³/mol. The zero-order chi connectivity index (χ0) is 19.5. The molecule has 2 N–H and O–H groups in total. The summed E-state index contributed by atoms with van der Waals surface area (Å²) in [5, 5.41) is 8.25. The highest BCUT2D eigenvalue weighted by Crippen LogP contribution is 2.25. The van der Waals surface area contributed by atoms with E-state index in [1.54, 1.807) is 48.5 Å². The molecule has 27 heavy (non-hydrogen) atoms. The van der Waals surface area contributed by atoms with Crippen molar-refractivity contribution in [3.05, 3.63) is 35.3 Å². The second-order valence-electron chi connectivity index (χ2n) is 5.20. The number of benzene rings is 1. The van der Waals surface area contributed by atoms with Gasteiger partial charge in [-0.05, 0) is 24.6 Å². The second kappa shape index (κ2) is 11.6. The van der Waals surface area contributed by atoms with E-state index in [2.05, 4.69) is 25.3 Å². The monoisotopic (exact) mass is 416 g/mol. The number of rotatable bonds is 10. The first kappa shape index (κ1) is 21.2. The second-order valence-corrected chi connectivity index (χ2v) is 7.44. The van der Waals surface area contributed by atoms with Crippen molar-refractivity contribution in [2.45, 2.75) is 23.9 Å². The first-order valence-corrected chi connectivity index (χ1v) is 10.1. The molecule has 1 heterocycles. The van der Waals surface area contributed by atoms with Gasteiger partial charge in [0, 0.05) is 43.0 Å². The molecule has 0 atom stereocenters. The summed E-state index contributed by atoms with van der Waals surface area (Å²) in [6.45, 7) is -1.88. The quantitative estimate of drug-likeness (QED) is 0.267. The van der Waals surface area contributed by atoms with Crippen LogP contribution in [-0.4, -0.2) is 44.0 Å². The van der Waals surface area contributed by atoms with Crippen molar-refractivity contribution >= 4 is 29.1 Å². The van der Waals surface area contributed by atoms with Crippen molar-refractivity contribution in [1.82, 2.24) is 15.6 Å². The van der Waals surface area contributed by atoms with Crippen LogP contribution in [0.2, 0.25) is 0 Å². The summed E-state index contributed by atoms with van der Waals surface area (Å²) in [6, 6.07) is 4.70. The third kappa shape index (κ3) is 7.59. The van der Waals surface area contributed by atoms with E-state index in [0.717, 1.165) is 23.1 Å². The number of nitrogens with zero attached hydrogens (tertiary/aromatic N) is 2. The number of thiazole rings is 1. The van der Waals surface area contributed by atoms with Crippen molar-refractivity contribution in [3.8, 4) is 11.5 Å². The van der Waals surface area contributed by atoms with Crippen molar-refractivity contribution in [2.75, 3.05) is 26.5 Å². The molecule has 0 radical (unpaired) electrons. The molecule has 0 aliphatic heterocycles. The van der Waals surface area contributed by atoms with E-state index >= 15 is 0 Å². The average molecular weight is 417 g/mol. The fraction of sp³-hybridized carbons (Fsp3) is 0.412. The van der Waals surface area contributed by atoms with Gasteiger partial charge >= 0.3 is 6.61 Å². The number of hydrogen-bond donors (Lipinski definition) is 2. The molecule has 0 aliphatic rings. The number of methoxy groups -OCH3 is 1. The van der Waals surface area contributed by atoms with Crippen molar-refractivity contribution in [1.29, 1.82) is 0 Å². The van der Waals surface area contributed by atoms with E-state index in [-0.39, 0.29) is 12.3 Å². The molecule has 0 aliphatic carbocycles. The molecule has 0 spiro atoms. The number of hydrogen-bond acceptors (Lipinski definition) is 6. The predicted octanol–water partition coefficient (Wildman–Crippen LogP) is 3.60. The number of thioether (sulfide) groups is 1. The Kier molecular flexibility index (Phi) is 9.12. The van der Waals surface area contributed by atoms with Crippen LogP contribution in [0.3, 0.4) is 0 Å². The molecule has 0 saturated heterocycles. The molecule has 0 bridgehead atoms. The van der Waals surface area contributed by atoms with Gasteiger partial charge in [0.05, 0.1) is 7.11 Å². The Labute approximate surface area is 165 Å². The Morgan fingerprint density at radius 1 is 1.37 bits per heavy atom. The molecule has 0 fully saturated rings. The summed E-state index contributed by atoms with van der Waals surface area (Å²) in [6.07, 6.45) is 2.73. The zero-order valence-corrected chi connectivity index (χ0v) is 16.7. The number of nitrogens with one attached hydrogen (secondary N) is 2. The minimum Gasteiger partial charge on any atom is -0.497 e. The molecule has 1 aromatic carbocycles. The molecule has 10 heteroatoms. The summed E-state index contributed by atoms with van der Waals surface area (Å²) >= 11 is 3.34. The third-order valence-electron chi connectivity index (χ3n) is 3.40. The molecule has 1 aromatic heterocycles. The van der Waals surface area contributed by atoms with Crippen molar-refractivity contribution < 1.29 is 18.3 Å². The maximum Gasteiger partial charge on any atom is 0.387 e. The average Bonchev–Trinajstić information content (AvgIpc) is 3.18. The van der Waals surface area contributed by atoms with Crippen LogP contribution in [0.15, 0.2) is 39.1 Å². The largest absolute Gasteiger partial charge is 0.497 e. The van der Waals surface area contributed by atoms with Crippen LogP contribution in [0.4, 0.5) is 8.78 Å². The molecule has 0 saturated carbocycles. The topological polar surface area (TPSA) is 67.8 Å². The number of aliphatic imine (C=N–C) groups is 1. The molecule has 2 rings (SSSR count). The van der Waals surface area contributed by atoms with Crippen LogP contribution < -0.4 is 20.1 Å². The molecule has 2 aromatic rings. The Hall–Kier alpha value is -2.07. The molecule has 6 nitrogen and oxygen atoms in total. The van der Waals surface area contributed by atoms with E-state index in [1.807, 2.05) is 5.38 Å². The Balaban J connectivity index is 1.80. The summed E-state index contributed by atoms with van der Waals surface area (Å²) in [5.41, 5.74) is 0.553. The Bertz CT molecular complexity index is 715. The van der Waals surface area contributed by atoms with Crippen LogP contribution in [0.1, 0.15) is 12.0 Å². The van der Waals surface area contributed by atoms with Crippen LogP contribution in [0, 0.1) is 0 Å². The number of aromatic nitrogens is 1. The minimum absolute atomic E-state index is 0.105. The Morgan fingerprint density at radius 2 is 2.22 bits per heavy atom. The molecule has 148 valence electrons. The van der Waals surface area contributed by atoms with Crippen LogP contribution >= 0.6 is 23.1 Å². The first-order valence-electron chi connectivity index (χ1n) is 8.21. The van der Waals surface area contributed by atoms with Crippen molar-refractivity contribution in [3.63, 3.8) is 0 Å². The fourth-order valence-electron chi connectivity index (χ4n) is 2.15. The van der Waals surface area contributed by atoms with Gasteiger partial charge in [-0.3, -0.25) is 4.99 Å². The highest BCUT2D eigenvalue weighted by atomic mass is 32.2. The van der Waals surface area contributed by atoms with Gasteiger partial charge < -0.3 is 20.1 Å². The number of ether oxygens (including phenoxy) is 2. The summed E-state index contributed by atoms with van der Waals surface area (Å²) in [5.74, 6) is 2.20. The maximum atomic E-state index is 12.6. The van der Waals surface area contributed by atoms with Crippen LogP contribution in [0.25, 0.3) is 0 Å². The summed E-state index contributed by atoms with van der Waals surface area (Å²) < 4.78 is 35.9. The number of halogens is 2. The van der Waals surface area contributed by atoms with Gasteiger partial charge in [0.1, 0.15) is 15.8 Å². The van der Waals surface area contributed by atoms with Gasteiger partial charge in [-0.2, -0.15) is 8.78 Å². The maximum absolute atomic E-state index is 12.6. The van der Waals surface area contributed by atoms with Gasteiger partial charge in [0.25, 0.3) is 0 Å². The minimum atomic E-state index is -2.88. The standard InChI is InChI=1S/C17H22F2N4O2S2/c1-20-16(21-6-3-8-26-17-22-7-9-27-17)23-11-12-10-13(24-2)4-5-14(12)25-15(18)19/h4-5,7,9-10,15H,3,6,8,11H2,1-2H3,(H2,20,21,23). The lowest BCUT2D eigenvalue weighted by Crippen LogP contribution is -2.37. The highest BCUT2D eigenvalue weighted by Gasteiger charge is 2.11. The van der Waals surface area contributed by atoms with Gasteiger partial charge in [0.15, 0.2) is 5.96 Å². The van der Waals surface area contributed by atoms with E-state index in [4.69, 9.17) is 4.74 Å². The van der Waals surface area contributed by atoms with Crippen LogP contribution in [0.5, 0.6) is 11.5 Å². The highest BCUT2D eigenvalue weighted by molar-refractivity contribution is 8.00. The zero-order valence-electron chi connectivity index (χ0n) is 15.1. The van der Waals surface area contributed by atoms with Crippen molar-refractivity contribution in [2.24, 2.45) is 4.99 Å². The molecule has 0 amide bonds. The first-order chi connectivity index (χ1) is 13.1. The molecular weight excluding hydrogens is 394 g/mol. The number of alkyl halides is 2. The van der Waals surface area contributed by atoms with E-state index in [0.29, 0.717) is 17.3 Å². The molecule has 0 unspecified atom stereocenters. The fourth-order valence-corrected chi connectivity index (χ4v) is 3.80. The SMILES string of the molecule is CN=C(NCCCSc1nccs1)NCc1cc(OC)ccc1OC(F)F. The van der Waals surface area contributed by atoms with E-state index < -0.39 is 6.61 Å². The lowest BCUT2D eigenvalue weighted by atomic mass is 10.2. The lowest BCUT2D eigenvalue weighted by Gasteiger charge is -2.15. The lowest BCUT2D eigenvalue weighted by molar-refractivity contribution is -0.0504. The van der Waals surface area contributed by atoms with Gasteiger partial charge in [-0.15, -0.1) is 11.3 Å². The third-order valence-corrected chi connectivity index (χ3v) is 5.45.